The van der Waals surface area contributed by atoms with Crippen molar-refractivity contribution in [3.63, 3.8) is 0 Å². The van der Waals surface area contributed by atoms with Crippen LogP contribution in [0.5, 0.6) is 0 Å². The number of nitrogens with one attached hydrogen (secondary N) is 2. The van der Waals surface area contributed by atoms with Crippen LogP contribution in [-0.2, 0) is 21.9 Å². The number of thiazole rings is 1. The van der Waals surface area contributed by atoms with Gasteiger partial charge < -0.3 is 0 Å². The van der Waals surface area contributed by atoms with Crippen molar-refractivity contribution in [2.45, 2.75) is 56.3 Å². The minimum atomic E-state index is -4.42. The summed E-state index contributed by atoms with van der Waals surface area (Å²) in [7, 11) is 0. The van der Waals surface area contributed by atoms with Crippen LogP contribution in [0.1, 0.15) is 49.1 Å². The Hall–Kier alpha value is -1.40. The third kappa shape index (κ3) is 5.44. The Morgan fingerprint density at radius 3 is 2.80 bits per heavy atom. The van der Waals surface area contributed by atoms with Crippen LogP contribution in [0, 0.1) is 0 Å². The van der Waals surface area contributed by atoms with Gasteiger partial charge in [0.1, 0.15) is 0 Å². The molecule has 164 valence electrons. The number of carbonyl (C=O) groups excluding carboxylic acids is 1. The van der Waals surface area contributed by atoms with Crippen molar-refractivity contribution in [2.75, 3.05) is 12.0 Å². The van der Waals surface area contributed by atoms with Crippen LogP contribution in [-0.4, -0.2) is 28.4 Å². The highest BCUT2D eigenvalue weighted by atomic mass is 127. The van der Waals surface area contributed by atoms with E-state index < -0.39 is 11.7 Å². The van der Waals surface area contributed by atoms with Crippen molar-refractivity contribution in [2.24, 2.45) is 0 Å². The van der Waals surface area contributed by atoms with Gasteiger partial charge >= 0.3 is 6.18 Å². The zero-order chi connectivity index (χ0) is 21.9. The number of hydrazine groups is 1. The molecule has 1 aromatic heterocycles. The molecule has 0 aliphatic carbocycles. The Morgan fingerprint density at radius 1 is 1.40 bits per heavy atom. The summed E-state index contributed by atoms with van der Waals surface area (Å²) in [5, 5.41) is 0.453. The summed E-state index contributed by atoms with van der Waals surface area (Å²) >= 11 is 3.30. The third-order valence-corrected chi connectivity index (χ3v) is 6.97. The van der Waals surface area contributed by atoms with E-state index in [-0.39, 0.29) is 15.9 Å². The normalized spacial score (nSPS) is 17.3. The summed E-state index contributed by atoms with van der Waals surface area (Å²) in [5.41, 5.74) is 5.84. The molecule has 2 aromatic rings. The highest BCUT2D eigenvalue weighted by Crippen LogP contribution is 2.39. The first-order valence-corrected chi connectivity index (χ1v) is 12.1. The van der Waals surface area contributed by atoms with E-state index in [4.69, 9.17) is 0 Å². The van der Waals surface area contributed by atoms with Crippen molar-refractivity contribution >= 4 is 45.0 Å². The fourth-order valence-corrected chi connectivity index (χ4v) is 5.36. The van der Waals surface area contributed by atoms with Crippen molar-refractivity contribution in [1.82, 2.24) is 15.3 Å². The topological polar surface area (TPSA) is 57.3 Å². The smallest absolute Gasteiger partial charge is 0.295 e. The molecule has 1 aromatic carbocycles. The number of rotatable bonds is 7. The van der Waals surface area contributed by atoms with Gasteiger partial charge in [-0.3, -0.25) is 20.5 Å². The van der Waals surface area contributed by atoms with E-state index in [2.05, 4.69) is 27.7 Å². The molecule has 0 spiro atoms. The first-order chi connectivity index (χ1) is 14.2. The van der Waals surface area contributed by atoms with Gasteiger partial charge in [-0.15, -0.1) is 0 Å². The number of carbonyl (C=O) groups is 1. The Morgan fingerprint density at radius 2 is 2.17 bits per heavy atom. The summed E-state index contributed by atoms with van der Waals surface area (Å²) in [6.07, 6.45) is -1.14. The lowest BCUT2D eigenvalue weighted by Crippen LogP contribution is -2.28. The second-order valence-electron chi connectivity index (χ2n) is 7.28. The van der Waals surface area contributed by atoms with Crippen LogP contribution in [0.2, 0.25) is 0 Å². The molecule has 10 heteroatoms. The van der Waals surface area contributed by atoms with Gasteiger partial charge in [-0.1, -0.05) is 53.0 Å². The maximum atomic E-state index is 13.6. The van der Waals surface area contributed by atoms with E-state index in [1.165, 1.54) is 30.4 Å². The summed E-state index contributed by atoms with van der Waals surface area (Å²) in [6, 6.07) is 4.89. The predicted octanol–water partition coefficient (Wildman–Crippen LogP) is 5.60. The first kappa shape index (κ1) is 23.3. The quantitative estimate of drug-likeness (QED) is 0.267. The zero-order valence-electron chi connectivity index (χ0n) is 16.8. The van der Waals surface area contributed by atoms with E-state index in [9.17, 15) is 18.0 Å². The molecule has 30 heavy (non-hydrogen) atoms. The average molecular weight is 552 g/mol. The molecule has 1 atom stereocenters. The molecule has 2 N–H and O–H groups in total. The summed E-state index contributed by atoms with van der Waals surface area (Å²) in [4.78, 5) is 19.0. The lowest BCUT2D eigenvalue weighted by Gasteiger charge is -2.23. The van der Waals surface area contributed by atoms with Crippen LogP contribution in [0.25, 0.3) is 11.3 Å². The minimum Gasteiger partial charge on any atom is -0.295 e. The summed E-state index contributed by atoms with van der Waals surface area (Å²) in [6.45, 7) is 5.12. The number of likely N-dealkylation sites (tertiary alicyclic amines) is 1. The van der Waals surface area contributed by atoms with Crippen LogP contribution in [0.15, 0.2) is 18.2 Å². The van der Waals surface area contributed by atoms with Gasteiger partial charge in [0.15, 0.2) is 0 Å². The van der Waals surface area contributed by atoms with Gasteiger partial charge in [0.05, 0.1) is 11.3 Å². The summed E-state index contributed by atoms with van der Waals surface area (Å²) in [5.74, 6) is -0.273. The molecule has 0 unspecified atom stereocenters. The molecule has 1 fully saturated rings. The average Bonchev–Trinajstić information content (AvgIpc) is 3.32. The Bertz CT molecular complexity index is 903. The van der Waals surface area contributed by atoms with E-state index in [0.29, 0.717) is 29.0 Å². The highest BCUT2D eigenvalue weighted by Gasteiger charge is 2.34. The molecule has 1 aliphatic heterocycles. The zero-order valence-corrected chi connectivity index (χ0v) is 19.7. The lowest BCUT2D eigenvalue weighted by molar-refractivity contribution is -0.138. The van der Waals surface area contributed by atoms with Crippen LogP contribution >= 0.6 is 33.9 Å². The van der Waals surface area contributed by atoms with E-state index in [0.717, 1.165) is 30.7 Å². The fourth-order valence-electron chi connectivity index (χ4n) is 3.73. The van der Waals surface area contributed by atoms with Crippen molar-refractivity contribution in [3.05, 3.63) is 34.2 Å². The summed E-state index contributed by atoms with van der Waals surface area (Å²) < 4.78 is 41.0. The highest BCUT2D eigenvalue weighted by molar-refractivity contribution is 14.1. The first-order valence-electron chi connectivity index (χ1n) is 9.75. The number of hydrogen-bond acceptors (Lipinski definition) is 5. The second kappa shape index (κ2) is 9.82. The minimum absolute atomic E-state index is 0.255. The third-order valence-electron chi connectivity index (χ3n) is 5.19. The molecular formula is C20H24F3IN4OS. The molecule has 1 aliphatic rings. The van der Waals surface area contributed by atoms with E-state index in [1.54, 1.807) is 6.07 Å². The van der Waals surface area contributed by atoms with Crippen LogP contribution < -0.4 is 10.9 Å². The Labute approximate surface area is 191 Å². The number of alkyl halides is 4. The standard InChI is InChI=1S/C20H24F3IN4OS/c1-3-15-5-4-8-28(15)11-17-18(25-19(30-17)27-26-12(2)29)13-6-7-14(10-24)16(9-13)20(21,22)23/h6-7,9,15H,3-5,8,10-11H2,1-2H3,(H,25,27)(H,26,29)/t15-/m1/s1. The van der Waals surface area contributed by atoms with Gasteiger partial charge in [-0.25, -0.2) is 4.98 Å². The van der Waals surface area contributed by atoms with Crippen LogP contribution in [0.4, 0.5) is 18.3 Å². The molecule has 3 rings (SSSR count). The molecular weight excluding hydrogens is 528 g/mol. The van der Waals surface area contributed by atoms with Crippen LogP contribution in [0.3, 0.4) is 0 Å². The molecule has 1 saturated heterocycles. The second-order valence-corrected chi connectivity index (χ2v) is 9.12. The number of halogens is 4. The molecule has 0 saturated carbocycles. The molecule has 0 bridgehead atoms. The monoisotopic (exact) mass is 552 g/mol. The Kier molecular flexibility index (Phi) is 7.61. The van der Waals surface area contributed by atoms with Crippen molar-refractivity contribution in [3.8, 4) is 11.3 Å². The van der Waals surface area contributed by atoms with Gasteiger partial charge in [0.2, 0.25) is 11.0 Å². The van der Waals surface area contributed by atoms with Gasteiger partial charge in [-0.2, -0.15) is 13.2 Å². The van der Waals surface area contributed by atoms with Crippen molar-refractivity contribution in [1.29, 1.82) is 0 Å². The van der Waals surface area contributed by atoms with E-state index >= 15 is 0 Å². The van der Waals surface area contributed by atoms with Gasteiger partial charge in [-0.05, 0) is 37.4 Å². The lowest BCUT2D eigenvalue weighted by atomic mass is 10.0. The number of aromatic nitrogens is 1. The predicted molar refractivity (Wildman–Crippen MR) is 121 cm³/mol. The molecule has 1 amide bonds. The number of hydrogen-bond donors (Lipinski definition) is 2. The SMILES string of the molecule is CC[C@@H]1CCCN1Cc1sc(NNC(C)=O)nc1-c1ccc(CI)c(C(F)(F)F)c1. The van der Waals surface area contributed by atoms with Crippen molar-refractivity contribution < 1.29 is 18.0 Å². The van der Waals surface area contributed by atoms with Gasteiger partial charge in [0.25, 0.3) is 0 Å². The maximum absolute atomic E-state index is 13.6. The molecule has 2 heterocycles. The van der Waals surface area contributed by atoms with Gasteiger partial charge in [0, 0.05) is 34.4 Å². The largest absolute Gasteiger partial charge is 0.416 e. The number of nitrogens with zero attached hydrogens (tertiary/aromatic N) is 2. The number of anilines is 1. The number of amides is 1. The van der Waals surface area contributed by atoms with E-state index in [1.807, 2.05) is 22.6 Å². The number of benzene rings is 1. The Balaban J connectivity index is 2.00. The molecule has 5 nitrogen and oxygen atoms in total. The molecule has 0 radical (unpaired) electrons. The maximum Gasteiger partial charge on any atom is 0.416 e. The fraction of sp³-hybridized carbons (Fsp3) is 0.500.